The Morgan fingerprint density at radius 1 is 0.714 bits per heavy atom. The maximum absolute atomic E-state index is 12.7. The Bertz CT molecular complexity index is 1070. The largest absolute Gasteiger partial charge is 0.472 e. The van der Waals surface area contributed by atoms with E-state index in [1.807, 2.05) is 27.2 Å². The van der Waals surface area contributed by atoms with Crippen molar-refractivity contribution in [2.45, 2.75) is 122 Å². The zero-order valence-electron chi connectivity index (χ0n) is 31.4. The molecule has 0 spiro atoms. The number of carbonyl (C=O) groups excluding carboxylic acids is 1. The number of carbonyl (C=O) groups is 1. The quantitative estimate of drug-likeness (QED) is 0.0287. The Labute approximate surface area is 299 Å². The van der Waals surface area contributed by atoms with Gasteiger partial charge in [-0.15, -0.1) is 0 Å². The van der Waals surface area contributed by atoms with E-state index in [2.05, 4.69) is 92.1 Å². The summed E-state index contributed by atoms with van der Waals surface area (Å²) in [6.45, 7) is 4.53. The SMILES string of the molecule is CC/C=C\C/C=C\C/C=C\C/C=C\C/C=C\C/C=C\CCCCC(=O)NC(COP(=O)(O)OCC[N+](C)(C)C)C(O)/C=C/CCCCCC. The topological polar surface area (TPSA) is 105 Å². The number of aliphatic hydroxyl groups excluding tert-OH is 1. The second-order valence-corrected chi connectivity index (χ2v) is 14.7. The molecule has 0 rings (SSSR count). The van der Waals surface area contributed by atoms with Gasteiger partial charge in [0.15, 0.2) is 0 Å². The Morgan fingerprint density at radius 2 is 1.22 bits per heavy atom. The van der Waals surface area contributed by atoms with Gasteiger partial charge in [0.25, 0.3) is 0 Å². The van der Waals surface area contributed by atoms with Gasteiger partial charge in [0.2, 0.25) is 5.91 Å². The molecular formula is C40H70N2O6P+. The van der Waals surface area contributed by atoms with Gasteiger partial charge in [-0.25, -0.2) is 4.57 Å². The minimum Gasteiger partial charge on any atom is -0.387 e. The summed E-state index contributed by atoms with van der Waals surface area (Å²) in [6, 6.07) is -0.870. The van der Waals surface area contributed by atoms with Crippen LogP contribution in [0.25, 0.3) is 0 Å². The highest BCUT2D eigenvalue weighted by atomic mass is 31.2. The van der Waals surface area contributed by atoms with Gasteiger partial charge in [0, 0.05) is 6.42 Å². The summed E-state index contributed by atoms with van der Waals surface area (Å²) in [5, 5.41) is 13.6. The standard InChI is InChI=1S/C40H69N2O6P/c1-6-8-10-12-14-15-16-17-18-19-20-21-22-23-24-25-26-27-28-30-32-34-40(44)41-38(39(43)33-31-29-13-11-9-7-2)37-48-49(45,46)47-36-35-42(3,4)5/h8,10,14-15,17-18,20-21,23-24,26-27,31,33,38-39,43H,6-7,9,11-13,16,19,22,25,28-30,32,34-37H2,1-5H3,(H-,41,44,45,46)/p+1/b10-8-,15-14-,18-17-,21-20-,24-23-,27-26-,33-31+. The van der Waals surface area contributed by atoms with Crippen molar-refractivity contribution in [3.05, 3.63) is 85.1 Å². The number of phosphoric acid groups is 1. The zero-order chi connectivity index (χ0) is 36.5. The first-order valence-corrected chi connectivity index (χ1v) is 20.0. The number of rotatable bonds is 31. The van der Waals surface area contributed by atoms with Gasteiger partial charge >= 0.3 is 7.82 Å². The predicted molar refractivity (Wildman–Crippen MR) is 207 cm³/mol. The average molecular weight is 706 g/mol. The van der Waals surface area contributed by atoms with Gasteiger partial charge in [0.05, 0.1) is 39.9 Å². The summed E-state index contributed by atoms with van der Waals surface area (Å²) >= 11 is 0. The lowest BCUT2D eigenvalue weighted by atomic mass is 10.1. The number of phosphoric ester groups is 1. The van der Waals surface area contributed by atoms with E-state index in [0.29, 0.717) is 23.9 Å². The van der Waals surface area contributed by atoms with E-state index in [1.54, 1.807) is 6.08 Å². The normalized spacial score (nSPS) is 15.7. The summed E-state index contributed by atoms with van der Waals surface area (Å²) in [5.41, 5.74) is 0. The molecule has 0 saturated carbocycles. The van der Waals surface area contributed by atoms with Crippen LogP contribution < -0.4 is 5.32 Å². The number of quaternary nitrogens is 1. The highest BCUT2D eigenvalue weighted by molar-refractivity contribution is 7.47. The van der Waals surface area contributed by atoms with Crippen molar-refractivity contribution < 1.29 is 32.9 Å². The molecule has 3 unspecified atom stereocenters. The maximum Gasteiger partial charge on any atom is 0.472 e. The minimum atomic E-state index is -4.34. The van der Waals surface area contributed by atoms with Crippen LogP contribution in [0, 0.1) is 0 Å². The number of nitrogens with one attached hydrogen (secondary N) is 1. The van der Waals surface area contributed by atoms with Crippen LogP contribution in [-0.4, -0.2) is 73.4 Å². The lowest BCUT2D eigenvalue weighted by Crippen LogP contribution is -2.45. The highest BCUT2D eigenvalue weighted by Gasteiger charge is 2.27. The molecule has 0 aromatic rings. The van der Waals surface area contributed by atoms with E-state index in [9.17, 15) is 19.4 Å². The maximum atomic E-state index is 12.7. The van der Waals surface area contributed by atoms with Crippen molar-refractivity contribution in [1.29, 1.82) is 0 Å². The van der Waals surface area contributed by atoms with Crippen LogP contribution in [0.1, 0.15) is 110 Å². The molecule has 0 fully saturated rings. The molecule has 0 bridgehead atoms. The average Bonchev–Trinajstić information content (AvgIpc) is 3.04. The van der Waals surface area contributed by atoms with E-state index in [0.717, 1.165) is 77.0 Å². The molecule has 3 N–H and O–H groups in total. The second kappa shape index (κ2) is 31.6. The number of nitrogens with zero attached hydrogens (tertiary/aromatic N) is 1. The van der Waals surface area contributed by atoms with E-state index in [1.165, 1.54) is 6.42 Å². The Hall–Kier alpha value is -2.32. The summed E-state index contributed by atoms with van der Waals surface area (Å²) in [5.74, 6) is -0.231. The summed E-state index contributed by atoms with van der Waals surface area (Å²) in [7, 11) is 1.52. The second-order valence-electron chi connectivity index (χ2n) is 13.2. The fraction of sp³-hybridized carbons (Fsp3) is 0.625. The fourth-order valence-electron chi connectivity index (χ4n) is 4.39. The first-order chi connectivity index (χ1) is 23.5. The van der Waals surface area contributed by atoms with Crippen molar-refractivity contribution in [2.75, 3.05) is 40.9 Å². The third kappa shape index (κ3) is 33.9. The number of likely N-dealkylation sites (N-methyl/N-ethyl adjacent to an activating group) is 1. The molecule has 0 radical (unpaired) electrons. The van der Waals surface area contributed by atoms with Gasteiger partial charge < -0.3 is 19.8 Å². The van der Waals surface area contributed by atoms with Gasteiger partial charge in [-0.1, -0.05) is 118 Å². The molecule has 8 nitrogen and oxygen atoms in total. The van der Waals surface area contributed by atoms with Gasteiger partial charge in [-0.2, -0.15) is 0 Å². The van der Waals surface area contributed by atoms with E-state index < -0.39 is 20.0 Å². The summed E-state index contributed by atoms with van der Waals surface area (Å²) in [6.07, 6.45) is 42.5. The first-order valence-electron chi connectivity index (χ1n) is 18.5. The van der Waals surface area contributed by atoms with Crippen molar-refractivity contribution in [3.8, 4) is 0 Å². The van der Waals surface area contributed by atoms with E-state index >= 15 is 0 Å². The summed E-state index contributed by atoms with van der Waals surface area (Å²) in [4.78, 5) is 22.8. The monoisotopic (exact) mass is 705 g/mol. The highest BCUT2D eigenvalue weighted by Crippen LogP contribution is 2.43. The van der Waals surface area contributed by atoms with Crippen molar-refractivity contribution in [3.63, 3.8) is 0 Å². The fourth-order valence-corrected chi connectivity index (χ4v) is 5.13. The zero-order valence-corrected chi connectivity index (χ0v) is 32.3. The Morgan fingerprint density at radius 3 is 1.76 bits per heavy atom. The Kier molecular flexibility index (Phi) is 30.1. The number of hydrogen-bond donors (Lipinski definition) is 3. The van der Waals surface area contributed by atoms with E-state index in [4.69, 9.17) is 9.05 Å². The number of hydrogen-bond acceptors (Lipinski definition) is 5. The number of unbranched alkanes of at least 4 members (excludes halogenated alkanes) is 6. The molecule has 0 aliphatic carbocycles. The molecule has 49 heavy (non-hydrogen) atoms. The van der Waals surface area contributed by atoms with Crippen molar-refractivity contribution >= 4 is 13.7 Å². The lowest BCUT2D eigenvalue weighted by Gasteiger charge is -2.25. The molecule has 0 heterocycles. The molecule has 0 aromatic heterocycles. The molecule has 0 aliphatic heterocycles. The van der Waals surface area contributed by atoms with Crippen LogP contribution in [0.15, 0.2) is 85.1 Å². The van der Waals surface area contributed by atoms with Crippen molar-refractivity contribution in [2.24, 2.45) is 0 Å². The molecule has 9 heteroatoms. The molecule has 0 aromatic carbocycles. The molecule has 280 valence electrons. The van der Waals surface area contributed by atoms with Crippen LogP contribution in [0.4, 0.5) is 0 Å². The molecule has 0 aliphatic rings. The summed E-state index contributed by atoms with van der Waals surface area (Å²) < 4.78 is 23.3. The Balaban J connectivity index is 4.45. The van der Waals surface area contributed by atoms with E-state index in [-0.39, 0.29) is 19.1 Å². The van der Waals surface area contributed by atoms with Gasteiger partial charge in [-0.05, 0) is 70.6 Å². The van der Waals surface area contributed by atoms with Crippen molar-refractivity contribution in [1.82, 2.24) is 5.32 Å². The smallest absolute Gasteiger partial charge is 0.387 e. The molecule has 3 atom stereocenters. The molecule has 1 amide bonds. The van der Waals surface area contributed by atoms with Crippen LogP contribution in [0.2, 0.25) is 0 Å². The van der Waals surface area contributed by atoms with Crippen LogP contribution in [0.3, 0.4) is 0 Å². The predicted octanol–water partition coefficient (Wildman–Crippen LogP) is 9.46. The van der Waals surface area contributed by atoms with Crippen LogP contribution in [-0.2, 0) is 18.4 Å². The minimum absolute atomic E-state index is 0.0469. The van der Waals surface area contributed by atoms with Crippen LogP contribution >= 0.6 is 7.82 Å². The third-order valence-electron chi connectivity index (χ3n) is 7.37. The number of amides is 1. The van der Waals surface area contributed by atoms with Crippen LogP contribution in [0.5, 0.6) is 0 Å². The number of aliphatic hydroxyl groups is 1. The molecular weight excluding hydrogens is 635 g/mol. The van der Waals surface area contributed by atoms with Gasteiger partial charge in [0.1, 0.15) is 13.2 Å². The lowest BCUT2D eigenvalue weighted by molar-refractivity contribution is -0.870. The number of allylic oxidation sites excluding steroid dienone is 13. The van der Waals surface area contributed by atoms with Gasteiger partial charge in [-0.3, -0.25) is 13.8 Å². The molecule has 0 saturated heterocycles. The third-order valence-corrected chi connectivity index (χ3v) is 8.36. The first kappa shape index (κ1) is 46.7.